The number of halogens is 1. The number of nitrogens with two attached hydrogens (primary N) is 1. The first kappa shape index (κ1) is 12.9. The molecule has 2 nitrogen and oxygen atoms in total. The van der Waals surface area contributed by atoms with E-state index in [-0.39, 0.29) is 6.04 Å². The molecule has 1 aliphatic carbocycles. The molecule has 2 N–H and O–H groups in total. The van der Waals surface area contributed by atoms with Crippen molar-refractivity contribution in [1.29, 1.82) is 0 Å². The summed E-state index contributed by atoms with van der Waals surface area (Å²) in [6.45, 7) is 2.04. The molecule has 94 valence electrons. The summed E-state index contributed by atoms with van der Waals surface area (Å²) >= 11 is 3.65. The van der Waals surface area contributed by atoms with Gasteiger partial charge in [-0.1, -0.05) is 22.0 Å². The van der Waals surface area contributed by atoms with Crippen molar-refractivity contribution in [2.24, 2.45) is 5.73 Å². The quantitative estimate of drug-likeness (QED) is 0.923. The Kier molecular flexibility index (Phi) is 4.10. The molecule has 0 aromatic heterocycles. The van der Waals surface area contributed by atoms with Crippen LogP contribution in [0.4, 0.5) is 5.69 Å². The molecule has 17 heavy (non-hydrogen) atoms. The van der Waals surface area contributed by atoms with E-state index in [1.807, 2.05) is 6.92 Å². The summed E-state index contributed by atoms with van der Waals surface area (Å²) in [6.07, 6.45) is 4.96. The maximum absolute atomic E-state index is 5.84. The molecular weight excluding hydrogens is 276 g/mol. The molecule has 1 unspecified atom stereocenters. The molecule has 1 fully saturated rings. The van der Waals surface area contributed by atoms with Crippen LogP contribution in [0.3, 0.4) is 0 Å². The monoisotopic (exact) mass is 296 g/mol. The van der Waals surface area contributed by atoms with Gasteiger partial charge in [-0.2, -0.15) is 0 Å². The fraction of sp³-hybridized carbons (Fsp3) is 0.571. The third-order valence-electron chi connectivity index (χ3n) is 3.61. The highest BCUT2D eigenvalue weighted by atomic mass is 79.9. The van der Waals surface area contributed by atoms with Crippen molar-refractivity contribution < 1.29 is 0 Å². The summed E-state index contributed by atoms with van der Waals surface area (Å²) in [5, 5.41) is 0. The Morgan fingerprint density at radius 1 is 1.47 bits per heavy atom. The van der Waals surface area contributed by atoms with Crippen LogP contribution in [-0.4, -0.2) is 19.1 Å². The molecule has 0 spiro atoms. The number of benzene rings is 1. The Bertz CT molecular complexity index is 386. The summed E-state index contributed by atoms with van der Waals surface area (Å²) in [5.41, 5.74) is 8.44. The number of hydrogen-bond acceptors (Lipinski definition) is 2. The lowest BCUT2D eigenvalue weighted by molar-refractivity contribution is 0.401. The van der Waals surface area contributed by atoms with Gasteiger partial charge in [0.25, 0.3) is 0 Å². The minimum absolute atomic E-state index is 0.210. The predicted molar refractivity (Wildman–Crippen MR) is 77.5 cm³/mol. The van der Waals surface area contributed by atoms with Gasteiger partial charge in [0.05, 0.1) is 0 Å². The Morgan fingerprint density at radius 2 is 2.18 bits per heavy atom. The summed E-state index contributed by atoms with van der Waals surface area (Å²) in [5.74, 6) is 0. The molecule has 0 amide bonds. The van der Waals surface area contributed by atoms with Crippen molar-refractivity contribution in [3.8, 4) is 0 Å². The minimum atomic E-state index is 0.210. The van der Waals surface area contributed by atoms with E-state index in [1.165, 1.54) is 35.0 Å². The van der Waals surface area contributed by atoms with Gasteiger partial charge >= 0.3 is 0 Å². The van der Waals surface area contributed by atoms with Crippen LogP contribution >= 0.6 is 15.9 Å². The SMILES string of the molecule is CC(N)Cc1ccc(N(C)C2CCC2)cc1Br. The van der Waals surface area contributed by atoms with Crippen LogP contribution in [0, 0.1) is 0 Å². The summed E-state index contributed by atoms with van der Waals surface area (Å²) in [4.78, 5) is 2.39. The third-order valence-corrected chi connectivity index (χ3v) is 4.35. The molecule has 0 aliphatic heterocycles. The molecule has 0 radical (unpaired) electrons. The number of hydrogen-bond donors (Lipinski definition) is 1. The minimum Gasteiger partial charge on any atom is -0.372 e. The van der Waals surface area contributed by atoms with Crippen molar-refractivity contribution in [2.75, 3.05) is 11.9 Å². The molecule has 1 aromatic carbocycles. The zero-order valence-electron chi connectivity index (χ0n) is 10.6. The molecule has 1 aliphatic rings. The van der Waals surface area contributed by atoms with E-state index in [2.05, 4.69) is 46.1 Å². The Morgan fingerprint density at radius 3 is 2.65 bits per heavy atom. The molecule has 2 rings (SSSR count). The van der Waals surface area contributed by atoms with Crippen LogP contribution in [-0.2, 0) is 6.42 Å². The van der Waals surface area contributed by atoms with E-state index >= 15 is 0 Å². The smallest absolute Gasteiger partial charge is 0.0377 e. The molecule has 0 saturated heterocycles. The van der Waals surface area contributed by atoms with Gasteiger partial charge < -0.3 is 10.6 Å². The predicted octanol–water partition coefficient (Wildman–Crippen LogP) is 3.33. The molecular formula is C14H21BrN2. The highest BCUT2D eigenvalue weighted by molar-refractivity contribution is 9.10. The lowest BCUT2D eigenvalue weighted by Gasteiger charge is -2.36. The normalized spacial score (nSPS) is 17.6. The van der Waals surface area contributed by atoms with Gasteiger partial charge in [0.1, 0.15) is 0 Å². The lowest BCUT2D eigenvalue weighted by atomic mass is 9.91. The zero-order chi connectivity index (χ0) is 12.4. The average Bonchev–Trinajstić information content (AvgIpc) is 2.17. The highest BCUT2D eigenvalue weighted by Crippen LogP contribution is 2.31. The molecule has 1 saturated carbocycles. The highest BCUT2D eigenvalue weighted by Gasteiger charge is 2.22. The fourth-order valence-electron chi connectivity index (χ4n) is 2.25. The molecule has 1 aromatic rings. The van der Waals surface area contributed by atoms with Crippen LogP contribution in [0.2, 0.25) is 0 Å². The van der Waals surface area contributed by atoms with Gasteiger partial charge in [0, 0.05) is 29.3 Å². The van der Waals surface area contributed by atoms with E-state index in [0.29, 0.717) is 0 Å². The van der Waals surface area contributed by atoms with Gasteiger partial charge in [-0.25, -0.2) is 0 Å². The largest absolute Gasteiger partial charge is 0.372 e. The Hall–Kier alpha value is -0.540. The lowest BCUT2D eigenvalue weighted by Crippen LogP contribution is -2.37. The van der Waals surface area contributed by atoms with Crippen LogP contribution in [0.15, 0.2) is 22.7 Å². The maximum atomic E-state index is 5.84. The van der Waals surface area contributed by atoms with Crippen molar-refractivity contribution in [1.82, 2.24) is 0 Å². The van der Waals surface area contributed by atoms with Crippen molar-refractivity contribution >= 4 is 21.6 Å². The topological polar surface area (TPSA) is 29.3 Å². The van der Waals surface area contributed by atoms with E-state index < -0.39 is 0 Å². The van der Waals surface area contributed by atoms with Gasteiger partial charge in [-0.3, -0.25) is 0 Å². The fourth-order valence-corrected chi connectivity index (χ4v) is 2.78. The van der Waals surface area contributed by atoms with Gasteiger partial charge in [0.15, 0.2) is 0 Å². The standard InChI is InChI=1S/C14H21BrN2/c1-10(16)8-11-6-7-13(9-14(11)15)17(2)12-4-3-5-12/h6-7,9-10,12H,3-5,8,16H2,1-2H3. The average molecular weight is 297 g/mol. The van der Waals surface area contributed by atoms with Crippen LogP contribution in [0.1, 0.15) is 31.7 Å². The number of nitrogens with zero attached hydrogens (tertiary/aromatic N) is 1. The third kappa shape index (κ3) is 3.02. The number of anilines is 1. The van der Waals surface area contributed by atoms with E-state index in [1.54, 1.807) is 0 Å². The van der Waals surface area contributed by atoms with Gasteiger partial charge in [-0.05, 0) is 50.3 Å². The van der Waals surface area contributed by atoms with E-state index in [0.717, 1.165) is 12.5 Å². The first-order valence-electron chi connectivity index (χ1n) is 6.35. The van der Waals surface area contributed by atoms with Crippen molar-refractivity contribution in [3.63, 3.8) is 0 Å². The Balaban J connectivity index is 2.12. The summed E-state index contributed by atoms with van der Waals surface area (Å²) < 4.78 is 1.18. The maximum Gasteiger partial charge on any atom is 0.0377 e. The second-order valence-corrected chi connectivity index (χ2v) is 6.01. The Labute approximate surface area is 112 Å². The molecule has 0 heterocycles. The summed E-state index contributed by atoms with van der Waals surface area (Å²) in [6, 6.07) is 7.57. The van der Waals surface area contributed by atoms with Crippen LogP contribution in [0.25, 0.3) is 0 Å². The summed E-state index contributed by atoms with van der Waals surface area (Å²) in [7, 11) is 2.19. The van der Waals surface area contributed by atoms with Crippen LogP contribution in [0.5, 0.6) is 0 Å². The number of rotatable bonds is 4. The molecule has 0 bridgehead atoms. The van der Waals surface area contributed by atoms with Gasteiger partial charge in [-0.15, -0.1) is 0 Å². The van der Waals surface area contributed by atoms with Crippen molar-refractivity contribution in [2.45, 2.75) is 44.7 Å². The van der Waals surface area contributed by atoms with Crippen molar-refractivity contribution in [3.05, 3.63) is 28.2 Å². The molecule has 3 heteroatoms. The van der Waals surface area contributed by atoms with Gasteiger partial charge in [0.2, 0.25) is 0 Å². The van der Waals surface area contributed by atoms with E-state index in [9.17, 15) is 0 Å². The van der Waals surface area contributed by atoms with E-state index in [4.69, 9.17) is 5.73 Å². The molecule has 1 atom stereocenters. The van der Waals surface area contributed by atoms with Crippen LogP contribution < -0.4 is 10.6 Å². The zero-order valence-corrected chi connectivity index (χ0v) is 12.2. The first-order chi connectivity index (χ1) is 8.08. The second-order valence-electron chi connectivity index (χ2n) is 5.15. The first-order valence-corrected chi connectivity index (χ1v) is 7.14. The second kappa shape index (κ2) is 5.40.